The van der Waals surface area contributed by atoms with Gasteiger partial charge in [0.05, 0.1) is 6.10 Å². The predicted molar refractivity (Wildman–Crippen MR) is 56.2 cm³/mol. The molecule has 76 valence electrons. The second kappa shape index (κ2) is 4.24. The summed E-state index contributed by atoms with van der Waals surface area (Å²) in [6, 6.07) is 3.81. The van der Waals surface area contributed by atoms with Crippen LogP contribution in [0.2, 0.25) is 0 Å². The average Bonchev–Trinajstić information content (AvgIpc) is 2.70. The Morgan fingerprint density at radius 3 is 3.00 bits per heavy atom. The van der Waals surface area contributed by atoms with Crippen LogP contribution in [0.5, 0.6) is 0 Å². The average molecular weight is 210 g/mol. The van der Waals surface area contributed by atoms with Crippen molar-refractivity contribution in [3.8, 4) is 0 Å². The Kier molecular flexibility index (Phi) is 2.99. The minimum absolute atomic E-state index is 0.151. The predicted octanol–water partition coefficient (Wildman–Crippen LogP) is 2.54. The largest absolute Gasteiger partial charge is 0.387 e. The Morgan fingerprint density at radius 2 is 2.36 bits per heavy atom. The minimum Gasteiger partial charge on any atom is -0.387 e. The maximum Gasteiger partial charge on any atom is 0.138 e. The van der Waals surface area contributed by atoms with Crippen molar-refractivity contribution in [3.63, 3.8) is 0 Å². The van der Waals surface area contributed by atoms with Gasteiger partial charge in [0.25, 0.3) is 0 Å². The summed E-state index contributed by atoms with van der Waals surface area (Å²) in [4.78, 5) is 12.5. The summed E-state index contributed by atoms with van der Waals surface area (Å²) in [5.74, 6) is 0.0829. The molecule has 0 spiro atoms. The first-order chi connectivity index (χ1) is 6.79. The van der Waals surface area contributed by atoms with Crippen LogP contribution < -0.4 is 0 Å². The Morgan fingerprint density at radius 1 is 1.50 bits per heavy atom. The fourth-order valence-corrected chi connectivity index (χ4v) is 2.78. The lowest BCUT2D eigenvalue weighted by Crippen LogP contribution is -2.25. The van der Waals surface area contributed by atoms with Crippen molar-refractivity contribution in [2.45, 2.75) is 31.8 Å². The number of carbonyl (C=O) groups excluding carboxylic acids is 1. The van der Waals surface area contributed by atoms with Gasteiger partial charge in [-0.3, -0.25) is 4.79 Å². The first kappa shape index (κ1) is 9.87. The van der Waals surface area contributed by atoms with Crippen LogP contribution in [-0.2, 0) is 4.79 Å². The number of aliphatic hydroxyl groups is 1. The van der Waals surface area contributed by atoms with Gasteiger partial charge in [-0.2, -0.15) is 0 Å². The van der Waals surface area contributed by atoms with Gasteiger partial charge >= 0.3 is 0 Å². The van der Waals surface area contributed by atoms with E-state index in [0.29, 0.717) is 6.42 Å². The summed E-state index contributed by atoms with van der Waals surface area (Å²) >= 11 is 1.52. The molecule has 1 saturated carbocycles. The van der Waals surface area contributed by atoms with E-state index in [0.717, 1.165) is 24.1 Å². The summed E-state index contributed by atoms with van der Waals surface area (Å²) in [5.41, 5.74) is 0. The van der Waals surface area contributed by atoms with E-state index >= 15 is 0 Å². The van der Waals surface area contributed by atoms with Crippen molar-refractivity contribution in [1.82, 2.24) is 0 Å². The molecule has 1 heterocycles. The van der Waals surface area contributed by atoms with Gasteiger partial charge < -0.3 is 5.11 Å². The number of carbonyl (C=O) groups is 1. The highest BCUT2D eigenvalue weighted by Gasteiger charge is 2.30. The Balaban J connectivity index is 2.10. The molecule has 1 N–H and O–H groups in total. The molecule has 0 bridgehead atoms. The Bertz CT molecular complexity index is 305. The monoisotopic (exact) mass is 210 g/mol. The van der Waals surface area contributed by atoms with Crippen molar-refractivity contribution in [1.29, 1.82) is 0 Å². The van der Waals surface area contributed by atoms with Crippen LogP contribution in [0.3, 0.4) is 0 Å². The Hall–Kier alpha value is -0.670. The number of hydrogen-bond acceptors (Lipinski definition) is 3. The van der Waals surface area contributed by atoms with E-state index in [-0.39, 0.29) is 11.7 Å². The molecule has 1 aliphatic carbocycles. The molecule has 14 heavy (non-hydrogen) atoms. The number of rotatable bonds is 2. The number of ketones is 1. The molecule has 0 saturated heterocycles. The lowest BCUT2D eigenvalue weighted by Gasteiger charge is -2.24. The normalized spacial score (nSPS) is 24.9. The molecule has 1 aromatic rings. The molecule has 1 fully saturated rings. The van der Waals surface area contributed by atoms with Gasteiger partial charge in [0, 0.05) is 17.2 Å². The molecule has 1 aromatic heterocycles. The zero-order valence-corrected chi connectivity index (χ0v) is 8.80. The second-order valence-electron chi connectivity index (χ2n) is 3.78. The highest BCUT2D eigenvalue weighted by molar-refractivity contribution is 7.10. The highest BCUT2D eigenvalue weighted by Crippen LogP contribution is 2.33. The van der Waals surface area contributed by atoms with Gasteiger partial charge in [-0.25, -0.2) is 0 Å². The van der Waals surface area contributed by atoms with Gasteiger partial charge in [-0.1, -0.05) is 12.5 Å². The molecule has 0 aromatic carbocycles. The van der Waals surface area contributed by atoms with E-state index in [9.17, 15) is 9.90 Å². The van der Waals surface area contributed by atoms with E-state index in [1.807, 2.05) is 17.5 Å². The summed E-state index contributed by atoms with van der Waals surface area (Å²) in [6.07, 6.45) is 2.99. The topological polar surface area (TPSA) is 37.3 Å². The van der Waals surface area contributed by atoms with E-state index in [1.54, 1.807) is 0 Å². The van der Waals surface area contributed by atoms with Crippen molar-refractivity contribution in [2.24, 2.45) is 5.92 Å². The van der Waals surface area contributed by atoms with E-state index in [1.165, 1.54) is 11.3 Å². The van der Waals surface area contributed by atoms with Gasteiger partial charge in [-0.15, -0.1) is 11.3 Å². The molecular weight excluding hydrogens is 196 g/mol. The summed E-state index contributed by atoms with van der Waals surface area (Å²) in [5, 5.41) is 11.9. The van der Waals surface area contributed by atoms with Gasteiger partial charge in [-0.05, 0) is 24.3 Å². The van der Waals surface area contributed by atoms with Crippen molar-refractivity contribution in [2.75, 3.05) is 0 Å². The third-order valence-corrected chi connectivity index (χ3v) is 3.76. The van der Waals surface area contributed by atoms with Crippen LogP contribution in [0.25, 0.3) is 0 Å². The summed E-state index contributed by atoms with van der Waals surface area (Å²) in [7, 11) is 0. The van der Waals surface area contributed by atoms with Crippen LogP contribution in [0, 0.1) is 5.92 Å². The van der Waals surface area contributed by atoms with Crippen LogP contribution in [0.15, 0.2) is 17.5 Å². The van der Waals surface area contributed by atoms with Crippen LogP contribution in [0.4, 0.5) is 0 Å². The first-order valence-corrected chi connectivity index (χ1v) is 5.91. The van der Waals surface area contributed by atoms with E-state index in [2.05, 4.69) is 0 Å². The fraction of sp³-hybridized carbons (Fsp3) is 0.545. The van der Waals surface area contributed by atoms with Gasteiger partial charge in [0.1, 0.15) is 5.78 Å². The molecule has 2 atom stereocenters. The summed E-state index contributed by atoms with van der Waals surface area (Å²) in [6.45, 7) is 0. The molecule has 0 unspecified atom stereocenters. The molecule has 2 nitrogen and oxygen atoms in total. The zero-order valence-electron chi connectivity index (χ0n) is 7.98. The first-order valence-electron chi connectivity index (χ1n) is 5.03. The summed E-state index contributed by atoms with van der Waals surface area (Å²) < 4.78 is 0. The third-order valence-electron chi connectivity index (χ3n) is 2.82. The van der Waals surface area contributed by atoms with Crippen molar-refractivity contribution >= 4 is 17.1 Å². The quantitative estimate of drug-likeness (QED) is 0.814. The molecular formula is C11H14O2S. The minimum atomic E-state index is -0.567. The van der Waals surface area contributed by atoms with Crippen LogP contribution >= 0.6 is 11.3 Å². The lowest BCUT2D eigenvalue weighted by atomic mass is 9.83. The molecule has 0 aliphatic heterocycles. The standard InChI is InChI=1S/C11H14O2S/c12-9-5-2-1-4-8(9)11(13)10-6-3-7-14-10/h3,6-8,11,13H,1-2,4-5H2/t8-,11-/m0/s1. The smallest absolute Gasteiger partial charge is 0.138 e. The van der Waals surface area contributed by atoms with Crippen LogP contribution in [-0.4, -0.2) is 10.9 Å². The van der Waals surface area contributed by atoms with Crippen molar-refractivity contribution in [3.05, 3.63) is 22.4 Å². The SMILES string of the molecule is O=C1CCCC[C@@H]1[C@H](O)c1cccs1. The number of thiophene rings is 1. The van der Waals surface area contributed by atoms with E-state index < -0.39 is 6.10 Å². The molecule has 2 rings (SSSR count). The molecule has 0 amide bonds. The van der Waals surface area contributed by atoms with Gasteiger partial charge in [0.2, 0.25) is 0 Å². The number of hydrogen-bond donors (Lipinski definition) is 1. The number of Topliss-reactive ketones (excluding diaryl/α,β-unsaturated/α-hetero) is 1. The van der Waals surface area contributed by atoms with Crippen molar-refractivity contribution < 1.29 is 9.90 Å². The molecule has 1 aliphatic rings. The van der Waals surface area contributed by atoms with Gasteiger partial charge in [0.15, 0.2) is 0 Å². The molecule has 0 radical (unpaired) electrons. The fourth-order valence-electron chi connectivity index (χ4n) is 2.00. The maximum atomic E-state index is 11.6. The number of aliphatic hydroxyl groups excluding tert-OH is 1. The lowest BCUT2D eigenvalue weighted by molar-refractivity contribution is -0.128. The highest BCUT2D eigenvalue weighted by atomic mass is 32.1. The molecule has 3 heteroatoms. The zero-order chi connectivity index (χ0) is 9.97. The maximum absolute atomic E-state index is 11.6. The van der Waals surface area contributed by atoms with Crippen LogP contribution in [0.1, 0.15) is 36.7 Å². The third kappa shape index (κ3) is 1.88. The second-order valence-corrected chi connectivity index (χ2v) is 4.76. The Labute approximate surface area is 87.6 Å². The van der Waals surface area contributed by atoms with E-state index in [4.69, 9.17) is 0 Å².